The Labute approximate surface area is 179 Å². The lowest BCUT2D eigenvalue weighted by Gasteiger charge is -2.11. The minimum Gasteiger partial charge on any atom is -0.322 e. The van der Waals surface area contributed by atoms with Gasteiger partial charge in [-0.3, -0.25) is 14.5 Å². The molecule has 0 saturated heterocycles. The van der Waals surface area contributed by atoms with E-state index in [1.807, 2.05) is 24.3 Å². The zero-order chi connectivity index (χ0) is 20.7. The molecule has 0 atom stereocenters. The summed E-state index contributed by atoms with van der Waals surface area (Å²) in [6, 6.07) is 13.7. The van der Waals surface area contributed by atoms with Crippen molar-refractivity contribution in [1.29, 1.82) is 0 Å². The van der Waals surface area contributed by atoms with Crippen LogP contribution in [0.2, 0.25) is 0 Å². The Bertz CT molecular complexity index is 1030. The smallest absolute Gasteiger partial charge is 0.262 e. The van der Waals surface area contributed by atoms with Crippen molar-refractivity contribution in [3.63, 3.8) is 0 Å². The summed E-state index contributed by atoms with van der Waals surface area (Å²) in [6.07, 6.45) is 6.65. The third-order valence-electron chi connectivity index (χ3n) is 4.34. The van der Waals surface area contributed by atoms with Gasteiger partial charge in [-0.2, -0.15) is 0 Å². The van der Waals surface area contributed by atoms with Gasteiger partial charge in [-0.25, -0.2) is 8.42 Å². The Hall–Kier alpha value is -2.45. The van der Waals surface area contributed by atoms with E-state index in [1.54, 1.807) is 18.2 Å². The molecule has 0 unspecified atom stereocenters. The maximum Gasteiger partial charge on any atom is 0.262 e. The molecule has 1 aliphatic heterocycles. The van der Waals surface area contributed by atoms with Gasteiger partial charge < -0.3 is 5.32 Å². The molecule has 8 heteroatoms. The summed E-state index contributed by atoms with van der Waals surface area (Å²) in [4.78, 5) is 16.6. The van der Waals surface area contributed by atoms with E-state index < -0.39 is 10.0 Å². The van der Waals surface area contributed by atoms with E-state index in [9.17, 15) is 13.2 Å². The van der Waals surface area contributed by atoms with Crippen molar-refractivity contribution in [1.82, 2.24) is 4.72 Å². The third-order valence-corrected chi connectivity index (χ3v) is 6.24. The number of nitrogens with zero attached hydrogens (tertiary/aromatic N) is 1. The number of carbonyl (C=O) groups excluding carboxylic acids is 1. The maximum atomic E-state index is 12.7. The molecule has 1 amide bonds. The van der Waals surface area contributed by atoms with E-state index >= 15 is 0 Å². The highest BCUT2D eigenvalue weighted by molar-refractivity contribution is 9.10. The second-order valence-corrected chi connectivity index (χ2v) is 9.24. The number of sulfonamides is 1. The highest BCUT2D eigenvalue weighted by Crippen LogP contribution is 2.17. The number of halogens is 1. The van der Waals surface area contributed by atoms with Crippen molar-refractivity contribution >= 4 is 49.5 Å². The molecule has 0 aromatic heterocycles. The minimum atomic E-state index is -3.75. The average molecular weight is 476 g/mol. The molecule has 0 saturated carbocycles. The Morgan fingerprint density at radius 3 is 2.66 bits per heavy atom. The molecule has 152 valence electrons. The van der Waals surface area contributed by atoms with Gasteiger partial charge in [0.15, 0.2) is 0 Å². The SMILES string of the molecule is O=C(/C=C/c1ccc(Br)cc1)Nc1cccc(S(=O)(=O)NC2=NCCCCC2)c1. The minimum absolute atomic E-state index is 0.0825. The van der Waals surface area contributed by atoms with Crippen molar-refractivity contribution in [3.05, 3.63) is 64.6 Å². The topological polar surface area (TPSA) is 87.6 Å². The van der Waals surface area contributed by atoms with E-state index in [-0.39, 0.29) is 10.8 Å². The largest absolute Gasteiger partial charge is 0.322 e. The van der Waals surface area contributed by atoms with Crippen LogP contribution in [0, 0.1) is 0 Å². The fourth-order valence-corrected chi connectivity index (χ4v) is 4.24. The molecular weight excluding hydrogens is 454 g/mol. The second-order valence-electron chi connectivity index (χ2n) is 6.65. The zero-order valence-electron chi connectivity index (χ0n) is 15.8. The molecular formula is C21H22BrN3O3S. The van der Waals surface area contributed by atoms with Crippen LogP contribution in [0.25, 0.3) is 6.08 Å². The first-order valence-electron chi connectivity index (χ1n) is 9.33. The van der Waals surface area contributed by atoms with Crippen LogP contribution in [0.15, 0.2) is 69.0 Å². The molecule has 1 heterocycles. The zero-order valence-corrected chi connectivity index (χ0v) is 18.2. The van der Waals surface area contributed by atoms with Crippen LogP contribution in [0.1, 0.15) is 31.2 Å². The Kier molecular flexibility index (Phi) is 7.22. The van der Waals surface area contributed by atoms with Gasteiger partial charge in [0.25, 0.3) is 10.0 Å². The van der Waals surface area contributed by atoms with Crippen LogP contribution >= 0.6 is 15.9 Å². The molecule has 0 aliphatic carbocycles. The van der Waals surface area contributed by atoms with E-state index in [4.69, 9.17) is 0 Å². The predicted molar refractivity (Wildman–Crippen MR) is 119 cm³/mol. The summed E-state index contributed by atoms with van der Waals surface area (Å²) >= 11 is 3.36. The Morgan fingerprint density at radius 2 is 1.86 bits per heavy atom. The predicted octanol–water partition coefficient (Wildman–Crippen LogP) is 4.35. The summed E-state index contributed by atoms with van der Waals surface area (Å²) in [5.41, 5.74) is 1.29. The quantitative estimate of drug-likeness (QED) is 0.629. The van der Waals surface area contributed by atoms with Crippen molar-refractivity contribution in [2.75, 3.05) is 11.9 Å². The normalized spacial score (nSPS) is 14.9. The van der Waals surface area contributed by atoms with Gasteiger partial charge in [0.2, 0.25) is 5.91 Å². The summed E-state index contributed by atoms with van der Waals surface area (Å²) in [7, 11) is -3.75. The number of rotatable bonds is 5. The first kappa shape index (κ1) is 21.3. The Morgan fingerprint density at radius 1 is 1.07 bits per heavy atom. The number of nitrogens with one attached hydrogen (secondary N) is 2. The van der Waals surface area contributed by atoms with Crippen LogP contribution in [-0.4, -0.2) is 26.7 Å². The highest BCUT2D eigenvalue weighted by Gasteiger charge is 2.17. The third kappa shape index (κ3) is 6.54. The summed E-state index contributed by atoms with van der Waals surface area (Å²) in [5, 5.41) is 2.69. The van der Waals surface area contributed by atoms with Crippen LogP contribution < -0.4 is 10.0 Å². The molecule has 6 nitrogen and oxygen atoms in total. The number of anilines is 1. The van der Waals surface area contributed by atoms with E-state index in [0.717, 1.165) is 29.3 Å². The fraction of sp³-hybridized carbons (Fsp3) is 0.238. The van der Waals surface area contributed by atoms with Crippen LogP contribution in [-0.2, 0) is 14.8 Å². The van der Waals surface area contributed by atoms with E-state index in [2.05, 4.69) is 31.0 Å². The lowest BCUT2D eigenvalue weighted by Crippen LogP contribution is -2.30. The van der Waals surface area contributed by atoms with Crippen LogP contribution in [0.4, 0.5) is 5.69 Å². The number of amides is 1. The van der Waals surface area contributed by atoms with Gasteiger partial charge in [0.05, 0.1) is 4.90 Å². The van der Waals surface area contributed by atoms with Crippen LogP contribution in [0.3, 0.4) is 0 Å². The van der Waals surface area contributed by atoms with E-state index in [1.165, 1.54) is 18.2 Å². The van der Waals surface area contributed by atoms with Crippen molar-refractivity contribution in [2.45, 2.75) is 30.6 Å². The van der Waals surface area contributed by atoms with Crippen molar-refractivity contribution < 1.29 is 13.2 Å². The molecule has 3 rings (SSSR count). The molecule has 0 spiro atoms. The standard InChI is InChI=1S/C21H22BrN3O3S/c22-17-11-8-16(9-12-17)10-13-21(26)24-18-5-4-6-19(15-18)29(27,28)25-20-7-2-1-3-14-23-20/h4-6,8-13,15H,1-3,7,14H2,(H,23,25)(H,24,26)/b13-10+. The summed E-state index contributed by atoms with van der Waals surface area (Å²) in [5.74, 6) is 0.151. The van der Waals surface area contributed by atoms with Gasteiger partial charge in [-0.05, 0) is 54.8 Å². The number of hydrogen-bond donors (Lipinski definition) is 2. The van der Waals surface area contributed by atoms with Gasteiger partial charge in [-0.15, -0.1) is 0 Å². The van der Waals surface area contributed by atoms with Crippen LogP contribution in [0.5, 0.6) is 0 Å². The van der Waals surface area contributed by atoms with Crippen molar-refractivity contribution in [3.8, 4) is 0 Å². The highest BCUT2D eigenvalue weighted by atomic mass is 79.9. The molecule has 1 aliphatic rings. The lowest BCUT2D eigenvalue weighted by atomic mass is 10.2. The molecule has 0 radical (unpaired) electrons. The molecule has 0 bridgehead atoms. The van der Waals surface area contributed by atoms with Gasteiger partial charge in [-0.1, -0.05) is 40.5 Å². The lowest BCUT2D eigenvalue weighted by molar-refractivity contribution is -0.111. The first-order valence-corrected chi connectivity index (χ1v) is 11.6. The number of benzene rings is 2. The van der Waals surface area contributed by atoms with Crippen molar-refractivity contribution in [2.24, 2.45) is 4.99 Å². The fourth-order valence-electron chi connectivity index (χ4n) is 2.84. The molecule has 2 N–H and O–H groups in total. The first-order chi connectivity index (χ1) is 13.9. The molecule has 2 aromatic rings. The monoisotopic (exact) mass is 475 g/mol. The number of carbonyl (C=O) groups is 1. The van der Waals surface area contributed by atoms with Gasteiger partial charge in [0.1, 0.15) is 5.84 Å². The second kappa shape index (κ2) is 9.84. The number of aliphatic imine (C=N–C) groups is 1. The van der Waals surface area contributed by atoms with Gasteiger partial charge >= 0.3 is 0 Å². The maximum absolute atomic E-state index is 12.7. The molecule has 2 aromatic carbocycles. The number of hydrogen-bond acceptors (Lipinski definition) is 4. The summed E-state index contributed by atoms with van der Waals surface area (Å²) < 4.78 is 28.9. The number of amidine groups is 1. The molecule has 29 heavy (non-hydrogen) atoms. The Balaban J connectivity index is 1.67. The van der Waals surface area contributed by atoms with E-state index in [0.29, 0.717) is 24.5 Å². The van der Waals surface area contributed by atoms with Gasteiger partial charge in [0, 0.05) is 29.2 Å². The molecule has 0 fully saturated rings. The summed E-state index contributed by atoms with van der Waals surface area (Å²) in [6.45, 7) is 0.638. The average Bonchev–Trinajstić information content (AvgIpc) is 2.96.